The van der Waals surface area contributed by atoms with Gasteiger partial charge in [0.05, 0.1) is 5.60 Å². The van der Waals surface area contributed by atoms with Gasteiger partial charge < -0.3 is 20.1 Å². The van der Waals surface area contributed by atoms with Gasteiger partial charge in [0.2, 0.25) is 0 Å². The summed E-state index contributed by atoms with van der Waals surface area (Å²) in [7, 11) is 0. The molecule has 1 amide bonds. The second kappa shape index (κ2) is 6.75. The molecule has 1 heterocycles. The maximum Gasteiger partial charge on any atom is 0.407 e. The molecule has 0 aromatic carbocycles. The van der Waals surface area contributed by atoms with E-state index in [1.807, 2.05) is 20.8 Å². The van der Waals surface area contributed by atoms with Crippen molar-refractivity contribution in [1.82, 2.24) is 10.6 Å². The van der Waals surface area contributed by atoms with E-state index in [4.69, 9.17) is 9.47 Å². The minimum atomic E-state index is -0.448. The molecular weight excluding hydrogens is 280 g/mol. The highest BCUT2D eigenvalue weighted by atomic mass is 16.6. The Labute approximate surface area is 134 Å². The van der Waals surface area contributed by atoms with Crippen LogP contribution >= 0.6 is 0 Å². The second-order valence-electron chi connectivity index (χ2n) is 8.25. The quantitative estimate of drug-likeness (QED) is 0.841. The van der Waals surface area contributed by atoms with Crippen molar-refractivity contribution in [2.24, 2.45) is 0 Å². The minimum Gasteiger partial charge on any atom is -0.444 e. The third-order valence-corrected chi connectivity index (χ3v) is 4.36. The van der Waals surface area contributed by atoms with Gasteiger partial charge in [-0.15, -0.1) is 0 Å². The number of carbonyl (C=O) groups is 1. The number of carbonyl (C=O) groups excluding carboxylic acids is 1. The van der Waals surface area contributed by atoms with Crippen molar-refractivity contribution >= 4 is 6.09 Å². The number of amides is 1. The van der Waals surface area contributed by atoms with Crippen LogP contribution in [0.2, 0.25) is 0 Å². The normalized spacial score (nSPS) is 31.8. The van der Waals surface area contributed by atoms with Gasteiger partial charge in [-0.2, -0.15) is 0 Å². The molecule has 2 rings (SSSR count). The van der Waals surface area contributed by atoms with E-state index >= 15 is 0 Å². The van der Waals surface area contributed by atoms with Gasteiger partial charge in [-0.1, -0.05) is 0 Å². The van der Waals surface area contributed by atoms with Crippen molar-refractivity contribution in [3.8, 4) is 0 Å². The number of hydrogen-bond acceptors (Lipinski definition) is 4. The van der Waals surface area contributed by atoms with E-state index in [1.165, 1.54) is 0 Å². The Balaban J connectivity index is 1.84. The SMILES string of the molecule is CC(C)(C)OC(=O)N[C@@H]1CCC[C@H]1N[C@H]1CCOC(C)(C)C1. The third kappa shape index (κ3) is 5.43. The van der Waals surface area contributed by atoms with Crippen molar-refractivity contribution in [3.05, 3.63) is 0 Å². The van der Waals surface area contributed by atoms with E-state index in [9.17, 15) is 4.79 Å². The van der Waals surface area contributed by atoms with Gasteiger partial charge in [0.25, 0.3) is 0 Å². The lowest BCUT2D eigenvalue weighted by Gasteiger charge is -2.38. The summed E-state index contributed by atoms with van der Waals surface area (Å²) in [6.07, 6.45) is 5.02. The molecule has 22 heavy (non-hydrogen) atoms. The molecular formula is C17H32N2O3. The highest BCUT2D eigenvalue weighted by molar-refractivity contribution is 5.68. The first-order chi connectivity index (χ1) is 10.1. The summed E-state index contributed by atoms with van der Waals surface area (Å²) in [6.45, 7) is 10.8. The Hall–Kier alpha value is -0.810. The topological polar surface area (TPSA) is 59.6 Å². The number of hydrogen-bond donors (Lipinski definition) is 2. The molecule has 5 nitrogen and oxygen atoms in total. The summed E-state index contributed by atoms with van der Waals surface area (Å²) in [5.74, 6) is 0. The monoisotopic (exact) mass is 312 g/mol. The van der Waals surface area contributed by atoms with Gasteiger partial charge in [0.1, 0.15) is 5.60 Å². The van der Waals surface area contributed by atoms with Crippen molar-refractivity contribution < 1.29 is 14.3 Å². The molecule has 0 bridgehead atoms. The average Bonchev–Trinajstić information content (AvgIpc) is 2.72. The van der Waals surface area contributed by atoms with E-state index < -0.39 is 5.60 Å². The van der Waals surface area contributed by atoms with Crippen LogP contribution < -0.4 is 10.6 Å². The van der Waals surface area contributed by atoms with E-state index in [2.05, 4.69) is 24.5 Å². The fourth-order valence-corrected chi connectivity index (χ4v) is 3.47. The molecule has 1 aliphatic carbocycles. The third-order valence-electron chi connectivity index (χ3n) is 4.36. The van der Waals surface area contributed by atoms with Gasteiger partial charge in [-0.05, 0) is 66.7 Å². The fraction of sp³-hybridized carbons (Fsp3) is 0.941. The maximum absolute atomic E-state index is 12.0. The Morgan fingerprint density at radius 2 is 1.86 bits per heavy atom. The van der Waals surface area contributed by atoms with Crippen LogP contribution in [-0.2, 0) is 9.47 Å². The maximum atomic E-state index is 12.0. The van der Waals surface area contributed by atoms with E-state index in [1.54, 1.807) is 0 Å². The molecule has 2 aliphatic rings. The number of alkyl carbamates (subject to hydrolysis) is 1. The highest BCUT2D eigenvalue weighted by Gasteiger charge is 2.35. The summed E-state index contributed by atoms with van der Waals surface area (Å²) in [6, 6.07) is 0.974. The van der Waals surface area contributed by atoms with Gasteiger partial charge in [-0.25, -0.2) is 4.79 Å². The lowest BCUT2D eigenvalue weighted by Crippen LogP contribution is -2.53. The Morgan fingerprint density at radius 1 is 1.18 bits per heavy atom. The zero-order valence-electron chi connectivity index (χ0n) is 14.7. The molecule has 0 radical (unpaired) electrons. The molecule has 1 aliphatic heterocycles. The number of nitrogens with one attached hydrogen (secondary N) is 2. The van der Waals surface area contributed by atoms with Crippen LogP contribution in [0.1, 0.15) is 66.7 Å². The highest BCUT2D eigenvalue weighted by Crippen LogP contribution is 2.27. The first-order valence-corrected chi connectivity index (χ1v) is 8.54. The summed E-state index contributed by atoms with van der Waals surface area (Å²) in [4.78, 5) is 12.0. The van der Waals surface area contributed by atoms with Crippen LogP contribution in [0.15, 0.2) is 0 Å². The van der Waals surface area contributed by atoms with Crippen molar-refractivity contribution in [2.45, 2.75) is 96.1 Å². The molecule has 128 valence electrons. The molecule has 0 spiro atoms. The zero-order chi connectivity index (χ0) is 16.4. The molecule has 1 saturated heterocycles. The van der Waals surface area contributed by atoms with Crippen LogP contribution in [-0.4, -0.2) is 42.0 Å². The fourth-order valence-electron chi connectivity index (χ4n) is 3.47. The second-order valence-corrected chi connectivity index (χ2v) is 8.25. The van der Waals surface area contributed by atoms with E-state index in [0.29, 0.717) is 12.1 Å². The predicted octanol–water partition coefficient (Wildman–Crippen LogP) is 2.98. The largest absolute Gasteiger partial charge is 0.444 e. The Morgan fingerprint density at radius 3 is 2.50 bits per heavy atom. The van der Waals surface area contributed by atoms with Crippen molar-refractivity contribution in [2.75, 3.05) is 6.61 Å². The number of rotatable bonds is 3. The molecule has 2 N–H and O–H groups in total. The Kier molecular flexibility index (Phi) is 5.38. The molecule has 3 atom stereocenters. The Bertz CT molecular complexity index is 390. The molecule has 0 unspecified atom stereocenters. The molecule has 5 heteroatoms. The van der Waals surface area contributed by atoms with E-state index in [-0.39, 0.29) is 17.7 Å². The number of ether oxygens (including phenoxy) is 2. The zero-order valence-corrected chi connectivity index (χ0v) is 14.7. The van der Waals surface area contributed by atoms with Crippen LogP contribution in [0.4, 0.5) is 4.79 Å². The summed E-state index contributed by atoms with van der Waals surface area (Å²) in [5.41, 5.74) is -0.501. The predicted molar refractivity (Wildman–Crippen MR) is 87.0 cm³/mol. The first-order valence-electron chi connectivity index (χ1n) is 8.54. The molecule has 2 fully saturated rings. The van der Waals surface area contributed by atoms with Gasteiger partial charge in [-0.3, -0.25) is 0 Å². The van der Waals surface area contributed by atoms with Crippen LogP contribution in [0, 0.1) is 0 Å². The van der Waals surface area contributed by atoms with Gasteiger partial charge in [0, 0.05) is 24.7 Å². The van der Waals surface area contributed by atoms with Crippen molar-refractivity contribution in [3.63, 3.8) is 0 Å². The minimum absolute atomic E-state index is 0.0530. The van der Waals surface area contributed by atoms with Crippen LogP contribution in [0.25, 0.3) is 0 Å². The van der Waals surface area contributed by atoms with Crippen LogP contribution in [0.3, 0.4) is 0 Å². The first kappa shape index (κ1) is 17.5. The smallest absolute Gasteiger partial charge is 0.407 e. The van der Waals surface area contributed by atoms with Gasteiger partial charge >= 0.3 is 6.09 Å². The lowest BCUT2D eigenvalue weighted by atomic mass is 9.93. The molecule has 0 aromatic rings. The van der Waals surface area contributed by atoms with E-state index in [0.717, 1.165) is 38.7 Å². The summed E-state index contributed by atoms with van der Waals surface area (Å²) in [5, 5.41) is 6.78. The van der Waals surface area contributed by atoms with Crippen molar-refractivity contribution in [1.29, 1.82) is 0 Å². The standard InChI is InChI=1S/C17H32N2O3/c1-16(2,3)22-15(20)19-14-8-6-7-13(14)18-12-9-10-21-17(4,5)11-12/h12-14,18H,6-11H2,1-5H3,(H,19,20)/t12-,13+,14+/m0/s1. The molecule has 0 aromatic heterocycles. The summed E-state index contributed by atoms with van der Waals surface area (Å²) < 4.78 is 11.1. The lowest BCUT2D eigenvalue weighted by molar-refractivity contribution is -0.0644. The van der Waals surface area contributed by atoms with Gasteiger partial charge in [0.15, 0.2) is 0 Å². The average molecular weight is 312 g/mol. The summed E-state index contributed by atoms with van der Waals surface area (Å²) >= 11 is 0. The van der Waals surface area contributed by atoms with Crippen LogP contribution in [0.5, 0.6) is 0 Å². The molecule has 1 saturated carbocycles.